The van der Waals surface area contributed by atoms with Gasteiger partial charge >= 0.3 is 0 Å². The van der Waals surface area contributed by atoms with Gasteiger partial charge in [0.2, 0.25) is 0 Å². The molecule has 0 saturated heterocycles. The van der Waals surface area contributed by atoms with Gasteiger partial charge in [-0.1, -0.05) is 60.7 Å². The van der Waals surface area contributed by atoms with Gasteiger partial charge < -0.3 is 4.74 Å². The molecule has 4 aliphatic carbocycles. The van der Waals surface area contributed by atoms with Crippen LogP contribution in [0.25, 0.3) is 0 Å². The lowest BCUT2D eigenvalue weighted by Crippen LogP contribution is -2.48. The normalized spacial score (nSPS) is 27.0. The minimum absolute atomic E-state index is 0.237. The standard InChI is InChI=1S/C31H32N2O2/c34-30(26-9-5-2-6-10-26)33-32-29(25-7-3-1-4-8-25)21-35-28-13-11-27(12-14-28)31-18-22-15-23(19-31)17-24(16-22)20-31/h1-14,22-24H,15-21H2,(H,33,34)/b32-29-. The molecule has 4 heteroatoms. The molecule has 4 aliphatic rings. The first-order valence-corrected chi connectivity index (χ1v) is 12.9. The van der Waals surface area contributed by atoms with E-state index in [1.54, 1.807) is 12.1 Å². The summed E-state index contributed by atoms with van der Waals surface area (Å²) >= 11 is 0. The number of hydrogen-bond donors (Lipinski definition) is 1. The molecule has 0 heterocycles. The van der Waals surface area contributed by atoms with Crippen molar-refractivity contribution in [2.24, 2.45) is 22.9 Å². The molecule has 4 fully saturated rings. The van der Waals surface area contributed by atoms with Crippen LogP contribution in [0.1, 0.15) is 60.0 Å². The predicted molar refractivity (Wildman–Crippen MR) is 139 cm³/mol. The Kier molecular flexibility index (Phi) is 5.89. The van der Waals surface area contributed by atoms with E-state index in [0.29, 0.717) is 16.7 Å². The Labute approximate surface area is 207 Å². The van der Waals surface area contributed by atoms with E-state index >= 15 is 0 Å². The van der Waals surface area contributed by atoms with Gasteiger partial charge in [-0.05, 0) is 91.5 Å². The first-order valence-electron chi connectivity index (χ1n) is 12.9. The van der Waals surface area contributed by atoms with Crippen molar-refractivity contribution in [1.29, 1.82) is 0 Å². The Balaban J connectivity index is 1.15. The van der Waals surface area contributed by atoms with E-state index in [1.807, 2.05) is 48.5 Å². The van der Waals surface area contributed by atoms with Crippen LogP contribution in [0.15, 0.2) is 90.0 Å². The SMILES string of the molecule is O=C(N/N=C(/COc1ccc(C23CC4CC(CC(C4)C2)C3)cc1)c1ccccc1)c1ccccc1. The van der Waals surface area contributed by atoms with Gasteiger partial charge in [-0.3, -0.25) is 4.79 Å². The van der Waals surface area contributed by atoms with Crippen LogP contribution in [0.5, 0.6) is 5.75 Å². The van der Waals surface area contributed by atoms with Crippen molar-refractivity contribution in [2.75, 3.05) is 6.61 Å². The molecule has 4 nitrogen and oxygen atoms in total. The molecular weight excluding hydrogens is 432 g/mol. The quantitative estimate of drug-likeness (QED) is 0.326. The van der Waals surface area contributed by atoms with Crippen molar-refractivity contribution in [3.63, 3.8) is 0 Å². The third-order valence-corrected chi connectivity index (χ3v) is 8.32. The molecule has 1 N–H and O–H groups in total. The molecule has 3 aromatic carbocycles. The molecule has 4 bridgehead atoms. The van der Waals surface area contributed by atoms with E-state index in [-0.39, 0.29) is 12.5 Å². The minimum Gasteiger partial charge on any atom is -0.487 e. The second-order valence-electron chi connectivity index (χ2n) is 10.7. The summed E-state index contributed by atoms with van der Waals surface area (Å²) in [4.78, 5) is 12.5. The van der Waals surface area contributed by atoms with Crippen molar-refractivity contribution in [3.8, 4) is 5.75 Å². The highest BCUT2D eigenvalue weighted by Crippen LogP contribution is 2.60. The maximum absolute atomic E-state index is 12.5. The number of rotatable bonds is 7. The maximum Gasteiger partial charge on any atom is 0.271 e. The Bertz CT molecular complexity index is 1170. The summed E-state index contributed by atoms with van der Waals surface area (Å²) in [5.41, 5.74) is 6.75. The molecule has 0 aromatic heterocycles. The van der Waals surface area contributed by atoms with Gasteiger partial charge in [0.05, 0.1) is 0 Å². The molecule has 0 radical (unpaired) electrons. The van der Waals surface area contributed by atoms with Crippen LogP contribution in [0.2, 0.25) is 0 Å². The Hall–Kier alpha value is -3.40. The van der Waals surface area contributed by atoms with Gasteiger partial charge in [0.25, 0.3) is 5.91 Å². The largest absolute Gasteiger partial charge is 0.487 e. The average Bonchev–Trinajstić information content (AvgIpc) is 2.89. The van der Waals surface area contributed by atoms with Gasteiger partial charge in [0.1, 0.15) is 18.1 Å². The minimum atomic E-state index is -0.237. The molecule has 1 amide bonds. The van der Waals surface area contributed by atoms with E-state index in [4.69, 9.17) is 4.74 Å². The van der Waals surface area contributed by atoms with Crippen LogP contribution in [0.3, 0.4) is 0 Å². The number of ether oxygens (including phenoxy) is 1. The molecule has 0 unspecified atom stereocenters. The second kappa shape index (κ2) is 9.33. The molecule has 178 valence electrons. The van der Waals surface area contributed by atoms with E-state index in [0.717, 1.165) is 29.1 Å². The zero-order valence-electron chi connectivity index (χ0n) is 20.0. The predicted octanol–water partition coefficient (Wildman–Crippen LogP) is 6.37. The van der Waals surface area contributed by atoms with Crippen LogP contribution in [0, 0.1) is 17.8 Å². The van der Waals surface area contributed by atoms with Crippen LogP contribution in [0.4, 0.5) is 0 Å². The summed E-state index contributed by atoms with van der Waals surface area (Å²) in [5.74, 6) is 3.41. The third-order valence-electron chi connectivity index (χ3n) is 8.32. The molecule has 0 spiro atoms. The fourth-order valence-corrected chi connectivity index (χ4v) is 7.10. The number of benzene rings is 3. The lowest BCUT2D eigenvalue weighted by atomic mass is 9.48. The Morgan fingerprint density at radius 2 is 1.31 bits per heavy atom. The highest BCUT2D eigenvalue weighted by molar-refractivity contribution is 6.03. The van der Waals surface area contributed by atoms with Gasteiger partial charge in [0.15, 0.2) is 0 Å². The highest BCUT2D eigenvalue weighted by atomic mass is 16.5. The summed E-state index contributed by atoms with van der Waals surface area (Å²) in [6.07, 6.45) is 8.48. The lowest BCUT2D eigenvalue weighted by molar-refractivity contribution is -0.00520. The van der Waals surface area contributed by atoms with Crippen molar-refractivity contribution >= 4 is 11.6 Å². The summed E-state index contributed by atoms with van der Waals surface area (Å²) in [6.45, 7) is 0.274. The van der Waals surface area contributed by atoms with Crippen LogP contribution < -0.4 is 10.2 Å². The zero-order valence-corrected chi connectivity index (χ0v) is 20.0. The fraction of sp³-hybridized carbons (Fsp3) is 0.355. The highest BCUT2D eigenvalue weighted by Gasteiger charge is 2.51. The van der Waals surface area contributed by atoms with E-state index in [2.05, 4.69) is 34.8 Å². The van der Waals surface area contributed by atoms with Crippen LogP contribution in [-0.2, 0) is 5.41 Å². The monoisotopic (exact) mass is 464 g/mol. The Morgan fingerprint density at radius 3 is 1.89 bits per heavy atom. The number of carbonyl (C=O) groups is 1. The summed E-state index contributed by atoms with van der Waals surface area (Å²) in [5, 5.41) is 4.42. The molecule has 0 aliphatic heterocycles. The molecule has 35 heavy (non-hydrogen) atoms. The average molecular weight is 465 g/mol. The lowest BCUT2D eigenvalue weighted by Gasteiger charge is -2.57. The van der Waals surface area contributed by atoms with Gasteiger partial charge in [0, 0.05) is 11.1 Å². The first kappa shape index (κ1) is 22.1. The smallest absolute Gasteiger partial charge is 0.271 e. The summed E-state index contributed by atoms with van der Waals surface area (Å²) in [7, 11) is 0. The van der Waals surface area contributed by atoms with E-state index < -0.39 is 0 Å². The van der Waals surface area contributed by atoms with Gasteiger partial charge in [-0.2, -0.15) is 5.10 Å². The second-order valence-corrected chi connectivity index (χ2v) is 10.7. The first-order chi connectivity index (χ1) is 17.2. The number of amides is 1. The van der Waals surface area contributed by atoms with E-state index in [9.17, 15) is 4.79 Å². The molecule has 0 atom stereocenters. The number of hydrogen-bond acceptors (Lipinski definition) is 3. The molecular formula is C31H32N2O2. The maximum atomic E-state index is 12.5. The number of nitrogens with zero attached hydrogens (tertiary/aromatic N) is 1. The van der Waals surface area contributed by atoms with Crippen LogP contribution in [-0.4, -0.2) is 18.2 Å². The number of nitrogens with one attached hydrogen (secondary N) is 1. The summed E-state index contributed by atoms with van der Waals surface area (Å²) in [6, 6.07) is 27.8. The third kappa shape index (κ3) is 4.62. The zero-order chi connectivity index (χ0) is 23.7. The van der Waals surface area contributed by atoms with Crippen molar-refractivity contribution in [1.82, 2.24) is 5.43 Å². The van der Waals surface area contributed by atoms with Crippen molar-refractivity contribution in [2.45, 2.75) is 43.9 Å². The Morgan fingerprint density at radius 1 is 0.771 bits per heavy atom. The number of carbonyl (C=O) groups excluding carboxylic acids is 1. The fourth-order valence-electron chi connectivity index (χ4n) is 7.10. The number of hydrazone groups is 1. The molecule has 7 rings (SSSR count). The topological polar surface area (TPSA) is 50.7 Å². The van der Waals surface area contributed by atoms with E-state index in [1.165, 1.54) is 44.1 Å². The molecule has 3 aromatic rings. The van der Waals surface area contributed by atoms with Gasteiger partial charge in [-0.15, -0.1) is 0 Å². The summed E-state index contributed by atoms with van der Waals surface area (Å²) < 4.78 is 6.15. The van der Waals surface area contributed by atoms with Gasteiger partial charge in [-0.25, -0.2) is 5.43 Å². The van der Waals surface area contributed by atoms with Crippen LogP contribution >= 0.6 is 0 Å². The van der Waals surface area contributed by atoms with Crippen molar-refractivity contribution < 1.29 is 9.53 Å². The van der Waals surface area contributed by atoms with Crippen molar-refractivity contribution in [3.05, 3.63) is 102 Å². The molecule has 4 saturated carbocycles.